The number of anilines is 1. The summed E-state index contributed by atoms with van der Waals surface area (Å²) in [5.41, 5.74) is 4.18. The molecule has 2 aromatic rings. The summed E-state index contributed by atoms with van der Waals surface area (Å²) < 4.78 is 5.78. The summed E-state index contributed by atoms with van der Waals surface area (Å²) in [7, 11) is 0. The topological polar surface area (TPSA) is 129 Å². The molecule has 2 fully saturated rings. The molecule has 4 rings (SSSR count). The molecule has 1 aliphatic carbocycles. The van der Waals surface area contributed by atoms with Crippen LogP contribution >= 0.6 is 0 Å². The standard InChI is InChI=1S/C29H42N6O4/c1-20(2)15-26(28(37)39-25-5-3-4-6-25)31-17-22-9-7-21(8-10-22)16-30-24-11-13-35(14-12-24)29-32-18-23(19-33-29)27(36)34-38/h7-10,18-20,24-26,30-31,38H,3-6,11-17H2,1-2H3,(H,34,36)/t26-/m0/s1. The number of hydrogen-bond acceptors (Lipinski definition) is 9. The van der Waals surface area contributed by atoms with Crippen LogP contribution in [0.2, 0.25) is 0 Å². The molecule has 2 heterocycles. The van der Waals surface area contributed by atoms with Gasteiger partial charge in [0.05, 0.1) is 5.56 Å². The van der Waals surface area contributed by atoms with Crippen LogP contribution in [0, 0.1) is 5.92 Å². The smallest absolute Gasteiger partial charge is 0.323 e. The molecule has 4 N–H and O–H groups in total. The zero-order valence-electron chi connectivity index (χ0n) is 23.1. The van der Waals surface area contributed by atoms with Crippen LogP contribution in [0.15, 0.2) is 36.7 Å². The van der Waals surface area contributed by atoms with E-state index < -0.39 is 5.91 Å². The van der Waals surface area contributed by atoms with E-state index in [1.54, 1.807) is 5.48 Å². The number of carbonyl (C=O) groups excluding carboxylic acids is 2. The number of rotatable bonds is 12. The van der Waals surface area contributed by atoms with Gasteiger partial charge < -0.3 is 20.3 Å². The number of piperidine rings is 1. The van der Waals surface area contributed by atoms with Crippen molar-refractivity contribution in [3.63, 3.8) is 0 Å². The van der Waals surface area contributed by atoms with E-state index >= 15 is 0 Å². The van der Waals surface area contributed by atoms with Crippen LogP contribution in [-0.4, -0.2) is 58.3 Å². The minimum Gasteiger partial charge on any atom is -0.461 e. The average molecular weight is 539 g/mol. The van der Waals surface area contributed by atoms with Crippen molar-refractivity contribution in [2.75, 3.05) is 18.0 Å². The Labute approximate surface area is 230 Å². The number of benzene rings is 1. The third-order valence-electron chi connectivity index (χ3n) is 7.53. The lowest BCUT2D eigenvalue weighted by Gasteiger charge is -2.32. The van der Waals surface area contributed by atoms with Gasteiger partial charge in [-0.3, -0.25) is 14.8 Å². The highest BCUT2D eigenvalue weighted by Crippen LogP contribution is 2.22. The Bertz CT molecular complexity index is 1050. The second kappa shape index (κ2) is 14.3. The van der Waals surface area contributed by atoms with E-state index in [2.05, 4.69) is 63.6 Å². The van der Waals surface area contributed by atoms with Gasteiger partial charge in [-0.05, 0) is 62.0 Å². The molecule has 212 valence electrons. The van der Waals surface area contributed by atoms with Crippen LogP contribution in [0.25, 0.3) is 0 Å². The summed E-state index contributed by atoms with van der Waals surface area (Å²) in [6, 6.07) is 8.67. The van der Waals surface area contributed by atoms with E-state index in [9.17, 15) is 9.59 Å². The molecule has 1 aliphatic heterocycles. The summed E-state index contributed by atoms with van der Waals surface area (Å²) in [6.07, 6.45) is 9.93. The number of amides is 1. The Morgan fingerprint density at radius 1 is 1.00 bits per heavy atom. The van der Waals surface area contributed by atoms with Crippen LogP contribution in [0.1, 0.15) is 80.3 Å². The third-order valence-corrected chi connectivity index (χ3v) is 7.53. The first kappa shape index (κ1) is 28.9. The number of nitrogens with one attached hydrogen (secondary N) is 3. The van der Waals surface area contributed by atoms with Gasteiger partial charge in [0.2, 0.25) is 5.95 Å². The molecule has 0 radical (unpaired) electrons. The summed E-state index contributed by atoms with van der Waals surface area (Å²) in [6.45, 7) is 7.36. The maximum Gasteiger partial charge on any atom is 0.323 e. The average Bonchev–Trinajstić information content (AvgIpc) is 3.47. The summed E-state index contributed by atoms with van der Waals surface area (Å²) >= 11 is 0. The Kier molecular flexibility index (Phi) is 10.6. The Balaban J connectivity index is 1.19. The quantitative estimate of drug-likeness (QED) is 0.183. The second-order valence-corrected chi connectivity index (χ2v) is 11.1. The summed E-state index contributed by atoms with van der Waals surface area (Å²) in [4.78, 5) is 34.8. The molecule has 10 heteroatoms. The molecule has 1 saturated heterocycles. The van der Waals surface area contributed by atoms with Crippen molar-refractivity contribution >= 4 is 17.8 Å². The van der Waals surface area contributed by atoms with E-state index in [0.717, 1.165) is 70.1 Å². The molecule has 1 aromatic heterocycles. The predicted molar refractivity (Wildman–Crippen MR) is 148 cm³/mol. The number of aromatic nitrogens is 2. The van der Waals surface area contributed by atoms with Crippen LogP contribution < -0.4 is 21.0 Å². The van der Waals surface area contributed by atoms with E-state index in [1.807, 2.05) is 0 Å². The number of esters is 1. The number of ether oxygens (including phenoxy) is 1. The minimum absolute atomic E-state index is 0.0926. The third kappa shape index (κ3) is 8.71. The lowest BCUT2D eigenvalue weighted by Crippen LogP contribution is -2.43. The normalized spacial score (nSPS) is 17.4. The Morgan fingerprint density at radius 3 is 2.21 bits per heavy atom. The first-order valence-electron chi connectivity index (χ1n) is 14.2. The zero-order valence-corrected chi connectivity index (χ0v) is 23.1. The molecule has 0 bridgehead atoms. The van der Waals surface area contributed by atoms with Crippen molar-refractivity contribution in [2.24, 2.45) is 5.92 Å². The Morgan fingerprint density at radius 2 is 1.62 bits per heavy atom. The van der Waals surface area contributed by atoms with Gasteiger partial charge in [-0.25, -0.2) is 15.4 Å². The fourth-order valence-corrected chi connectivity index (χ4v) is 5.22. The van der Waals surface area contributed by atoms with E-state index in [1.165, 1.54) is 18.0 Å². The second-order valence-electron chi connectivity index (χ2n) is 11.1. The highest BCUT2D eigenvalue weighted by molar-refractivity contribution is 5.92. The lowest BCUT2D eigenvalue weighted by atomic mass is 10.0. The molecule has 1 saturated carbocycles. The van der Waals surface area contributed by atoms with Crippen LogP contribution in [0.5, 0.6) is 0 Å². The van der Waals surface area contributed by atoms with Crippen LogP contribution in [0.3, 0.4) is 0 Å². The van der Waals surface area contributed by atoms with Crippen molar-refractivity contribution in [2.45, 2.75) is 90.1 Å². The summed E-state index contributed by atoms with van der Waals surface area (Å²) in [5, 5.41) is 15.8. The molecular formula is C29H42N6O4. The highest BCUT2D eigenvalue weighted by Gasteiger charge is 2.26. The largest absolute Gasteiger partial charge is 0.461 e. The zero-order chi connectivity index (χ0) is 27.6. The first-order chi connectivity index (χ1) is 18.9. The fourth-order valence-electron chi connectivity index (χ4n) is 5.22. The van der Waals surface area contributed by atoms with Crippen LogP contribution in [-0.2, 0) is 22.6 Å². The van der Waals surface area contributed by atoms with Gasteiger partial charge in [-0.1, -0.05) is 38.1 Å². The molecule has 1 amide bonds. The molecule has 0 spiro atoms. The summed E-state index contributed by atoms with van der Waals surface area (Å²) in [5.74, 6) is 0.269. The molecule has 1 atom stereocenters. The SMILES string of the molecule is CC(C)C[C@H](NCc1ccc(CNC2CCN(c3ncc(C(=O)NO)cn3)CC2)cc1)C(=O)OC1CCCC1. The minimum atomic E-state index is -0.622. The lowest BCUT2D eigenvalue weighted by molar-refractivity contribution is -0.151. The predicted octanol–water partition coefficient (Wildman–Crippen LogP) is 3.34. The van der Waals surface area contributed by atoms with Crippen molar-refractivity contribution in [1.29, 1.82) is 0 Å². The van der Waals surface area contributed by atoms with E-state index in [0.29, 0.717) is 24.5 Å². The monoisotopic (exact) mass is 538 g/mol. The van der Waals surface area contributed by atoms with Gasteiger partial charge in [0.1, 0.15) is 12.1 Å². The van der Waals surface area contributed by atoms with Gasteiger partial charge in [-0.15, -0.1) is 0 Å². The van der Waals surface area contributed by atoms with Gasteiger partial charge >= 0.3 is 5.97 Å². The number of hydroxylamine groups is 1. The van der Waals surface area contributed by atoms with Gasteiger partial charge in [0.15, 0.2) is 0 Å². The van der Waals surface area contributed by atoms with E-state index in [4.69, 9.17) is 9.94 Å². The Hall–Kier alpha value is -3.08. The number of carbonyl (C=O) groups is 2. The number of nitrogens with zero attached hydrogens (tertiary/aromatic N) is 3. The number of hydrogen-bond donors (Lipinski definition) is 4. The van der Waals surface area contributed by atoms with E-state index in [-0.39, 0.29) is 23.7 Å². The molecule has 1 aromatic carbocycles. The molecule has 39 heavy (non-hydrogen) atoms. The fraction of sp³-hybridized carbons (Fsp3) is 0.586. The van der Waals surface area contributed by atoms with Crippen molar-refractivity contribution < 1.29 is 19.5 Å². The molecule has 10 nitrogen and oxygen atoms in total. The first-order valence-corrected chi connectivity index (χ1v) is 14.2. The highest BCUT2D eigenvalue weighted by atomic mass is 16.5. The van der Waals surface area contributed by atoms with Gasteiger partial charge in [0.25, 0.3) is 5.91 Å². The maximum atomic E-state index is 12.8. The molecular weight excluding hydrogens is 496 g/mol. The molecule has 2 aliphatic rings. The van der Waals surface area contributed by atoms with Crippen molar-refractivity contribution in [3.8, 4) is 0 Å². The van der Waals surface area contributed by atoms with Gasteiger partial charge in [-0.2, -0.15) is 0 Å². The maximum absolute atomic E-state index is 12.8. The van der Waals surface area contributed by atoms with Crippen molar-refractivity contribution in [3.05, 3.63) is 53.3 Å². The van der Waals surface area contributed by atoms with Crippen molar-refractivity contribution in [1.82, 2.24) is 26.1 Å². The van der Waals surface area contributed by atoms with Crippen LogP contribution in [0.4, 0.5) is 5.95 Å². The molecule has 0 unspecified atom stereocenters. The van der Waals surface area contributed by atoms with Gasteiger partial charge in [0, 0.05) is 44.6 Å².